The van der Waals surface area contributed by atoms with Gasteiger partial charge in [-0.15, -0.1) is 13.2 Å². The van der Waals surface area contributed by atoms with Gasteiger partial charge in [0.15, 0.2) is 17.2 Å². The molecule has 1 heterocycles. The van der Waals surface area contributed by atoms with E-state index in [1.54, 1.807) is 0 Å². The fourth-order valence-electron chi connectivity index (χ4n) is 2.67. The van der Waals surface area contributed by atoms with E-state index in [0.29, 0.717) is 19.0 Å². The minimum atomic E-state index is -4.91. The molecule has 0 amide bonds. The Hall–Kier alpha value is -2.85. The summed E-state index contributed by atoms with van der Waals surface area (Å²) in [6, 6.07) is 4.04. The molecule has 2 aromatic rings. The maximum Gasteiger partial charge on any atom is 0.573 e. The second kappa shape index (κ2) is 6.95. The Morgan fingerprint density at radius 2 is 1.68 bits per heavy atom. The molecule has 0 atom stereocenters. The van der Waals surface area contributed by atoms with Crippen LogP contribution in [0.4, 0.5) is 26.3 Å². The zero-order valence-electron chi connectivity index (χ0n) is 14.2. The van der Waals surface area contributed by atoms with Gasteiger partial charge in [0, 0.05) is 11.6 Å². The van der Waals surface area contributed by atoms with Crippen molar-refractivity contribution in [2.24, 2.45) is 0 Å². The average Bonchev–Trinajstić information content (AvgIpc) is 3.37. The molecule has 11 heteroatoms. The minimum Gasteiger partial charge on any atom is -0.618 e. The molecule has 5 nitrogen and oxygen atoms in total. The summed E-state index contributed by atoms with van der Waals surface area (Å²) in [6.45, 7) is 0. The van der Waals surface area contributed by atoms with Crippen LogP contribution in [0.2, 0.25) is 0 Å². The Morgan fingerprint density at radius 1 is 1.00 bits per heavy atom. The third-order valence-electron chi connectivity index (χ3n) is 3.92. The Kier molecular flexibility index (Phi) is 4.94. The Morgan fingerprint density at radius 3 is 2.21 bits per heavy atom. The SMILES string of the molecule is COc1cc(OC(F)(F)F)ccc1Oc1cc(C2CC2)c(C(F)(F)F)[n+]([O-])c1. The molecule has 1 fully saturated rings. The van der Waals surface area contributed by atoms with E-state index in [4.69, 9.17) is 9.47 Å². The van der Waals surface area contributed by atoms with Crippen LogP contribution in [0.1, 0.15) is 30.0 Å². The topological polar surface area (TPSA) is 54.6 Å². The maximum absolute atomic E-state index is 13.2. The first kappa shape index (κ1) is 19.9. The van der Waals surface area contributed by atoms with E-state index in [0.717, 1.165) is 31.4 Å². The molecule has 1 aliphatic rings. The lowest BCUT2D eigenvalue weighted by Crippen LogP contribution is -2.38. The molecular formula is C17H13F6NO4. The Labute approximate surface area is 154 Å². The van der Waals surface area contributed by atoms with Gasteiger partial charge in [0.05, 0.1) is 7.11 Å². The molecule has 0 unspecified atom stereocenters. The number of ether oxygens (including phenoxy) is 3. The van der Waals surface area contributed by atoms with Crippen molar-refractivity contribution in [3.05, 3.63) is 46.9 Å². The summed E-state index contributed by atoms with van der Waals surface area (Å²) in [5.41, 5.74) is -1.49. The number of nitrogens with zero attached hydrogens (tertiary/aromatic N) is 1. The van der Waals surface area contributed by atoms with E-state index in [-0.39, 0.29) is 27.5 Å². The minimum absolute atomic E-state index is 0.0986. The number of halogens is 6. The first-order valence-corrected chi connectivity index (χ1v) is 7.94. The molecule has 1 aliphatic carbocycles. The normalized spacial score (nSPS) is 14.7. The van der Waals surface area contributed by atoms with E-state index >= 15 is 0 Å². The maximum atomic E-state index is 13.2. The summed E-state index contributed by atoms with van der Waals surface area (Å²) in [4.78, 5) is 0. The second-order valence-electron chi connectivity index (χ2n) is 6.04. The van der Waals surface area contributed by atoms with Crippen molar-refractivity contribution in [3.63, 3.8) is 0 Å². The van der Waals surface area contributed by atoms with Gasteiger partial charge in [0.2, 0.25) is 6.20 Å². The second-order valence-corrected chi connectivity index (χ2v) is 6.04. The van der Waals surface area contributed by atoms with E-state index in [1.807, 2.05) is 0 Å². The van der Waals surface area contributed by atoms with Gasteiger partial charge in [-0.2, -0.15) is 17.9 Å². The number of benzene rings is 1. The van der Waals surface area contributed by atoms with Crippen LogP contribution in [-0.2, 0) is 6.18 Å². The van der Waals surface area contributed by atoms with Crippen molar-refractivity contribution in [3.8, 4) is 23.0 Å². The quantitative estimate of drug-likeness (QED) is 0.400. The molecule has 152 valence electrons. The highest BCUT2D eigenvalue weighted by molar-refractivity contribution is 5.48. The highest BCUT2D eigenvalue weighted by atomic mass is 19.4. The van der Waals surface area contributed by atoms with Crippen molar-refractivity contribution in [2.75, 3.05) is 7.11 Å². The van der Waals surface area contributed by atoms with Gasteiger partial charge < -0.3 is 19.4 Å². The lowest BCUT2D eigenvalue weighted by Gasteiger charge is -2.16. The highest BCUT2D eigenvalue weighted by Gasteiger charge is 2.46. The lowest BCUT2D eigenvalue weighted by molar-refractivity contribution is -0.630. The summed E-state index contributed by atoms with van der Waals surface area (Å²) in [5, 5.41) is 11.9. The molecule has 0 spiro atoms. The zero-order chi connectivity index (χ0) is 20.7. The zero-order valence-corrected chi connectivity index (χ0v) is 14.2. The average molecular weight is 409 g/mol. The van der Waals surface area contributed by atoms with Crippen molar-refractivity contribution in [1.82, 2.24) is 0 Å². The van der Waals surface area contributed by atoms with Gasteiger partial charge in [0.1, 0.15) is 5.75 Å². The number of hydrogen-bond donors (Lipinski definition) is 0. The number of pyridine rings is 1. The van der Waals surface area contributed by atoms with Crippen LogP contribution in [0.25, 0.3) is 0 Å². The van der Waals surface area contributed by atoms with Crippen molar-refractivity contribution in [1.29, 1.82) is 0 Å². The molecule has 3 rings (SSSR count). The molecule has 0 radical (unpaired) electrons. The highest BCUT2D eigenvalue weighted by Crippen LogP contribution is 2.46. The van der Waals surface area contributed by atoms with Crippen LogP contribution in [0.5, 0.6) is 23.0 Å². The van der Waals surface area contributed by atoms with Gasteiger partial charge >= 0.3 is 18.2 Å². The standard InChI is InChI=1S/C17H13F6NO4/c1-26-14-7-10(28-17(21,22)23)4-5-13(14)27-11-6-12(9-2-3-9)15(16(18,19)20)24(25)8-11/h4-9H,2-3H2,1H3. The van der Waals surface area contributed by atoms with Crippen LogP contribution in [0, 0.1) is 5.21 Å². The molecule has 0 saturated heterocycles. The summed E-state index contributed by atoms with van der Waals surface area (Å²) >= 11 is 0. The molecule has 28 heavy (non-hydrogen) atoms. The van der Waals surface area contributed by atoms with Crippen LogP contribution in [0.3, 0.4) is 0 Å². The molecule has 0 aliphatic heterocycles. The monoisotopic (exact) mass is 409 g/mol. The number of methoxy groups -OCH3 is 1. The predicted octanol–water partition coefficient (Wildman–Crippen LogP) is 4.92. The predicted molar refractivity (Wildman–Crippen MR) is 82.1 cm³/mol. The largest absolute Gasteiger partial charge is 0.618 e. The Balaban J connectivity index is 1.93. The fourth-order valence-corrected chi connectivity index (χ4v) is 2.67. The van der Waals surface area contributed by atoms with Gasteiger partial charge in [-0.05, 0) is 37.0 Å². The van der Waals surface area contributed by atoms with E-state index < -0.39 is 29.9 Å². The molecule has 0 N–H and O–H groups in total. The van der Waals surface area contributed by atoms with Crippen LogP contribution >= 0.6 is 0 Å². The molecule has 1 saturated carbocycles. The summed E-state index contributed by atoms with van der Waals surface area (Å²) < 4.78 is 90.2. The van der Waals surface area contributed by atoms with Crippen molar-refractivity contribution >= 4 is 0 Å². The van der Waals surface area contributed by atoms with Gasteiger partial charge in [-0.3, -0.25) is 0 Å². The summed E-state index contributed by atoms with van der Waals surface area (Å²) in [5.74, 6) is -1.43. The Bertz CT molecular complexity index is 877. The van der Waals surface area contributed by atoms with Crippen molar-refractivity contribution < 1.29 is 45.3 Å². The van der Waals surface area contributed by atoms with E-state index in [1.165, 1.54) is 0 Å². The first-order chi connectivity index (χ1) is 13.0. The number of rotatable bonds is 5. The molecule has 1 aromatic carbocycles. The number of hydrogen-bond acceptors (Lipinski definition) is 4. The van der Waals surface area contributed by atoms with E-state index in [9.17, 15) is 31.5 Å². The first-order valence-electron chi connectivity index (χ1n) is 7.94. The molecular weight excluding hydrogens is 396 g/mol. The summed E-state index contributed by atoms with van der Waals surface area (Å²) in [6.07, 6.45) is -8.10. The fraction of sp³-hybridized carbons (Fsp3) is 0.353. The van der Waals surface area contributed by atoms with E-state index in [2.05, 4.69) is 4.74 Å². The van der Waals surface area contributed by atoms with Crippen molar-refractivity contribution in [2.45, 2.75) is 31.3 Å². The third kappa shape index (κ3) is 4.52. The number of alkyl halides is 6. The summed E-state index contributed by atoms with van der Waals surface area (Å²) in [7, 11) is 1.16. The third-order valence-corrected chi connectivity index (χ3v) is 3.92. The lowest BCUT2D eigenvalue weighted by atomic mass is 10.1. The van der Waals surface area contributed by atoms with Gasteiger partial charge in [-0.1, -0.05) is 0 Å². The van der Waals surface area contributed by atoms with Gasteiger partial charge in [0.25, 0.3) is 0 Å². The van der Waals surface area contributed by atoms with Gasteiger partial charge in [-0.25, -0.2) is 0 Å². The number of aromatic nitrogens is 1. The van der Waals surface area contributed by atoms with Crippen LogP contribution < -0.4 is 18.9 Å². The smallest absolute Gasteiger partial charge is 0.573 e. The van der Waals surface area contributed by atoms with Crippen LogP contribution in [0.15, 0.2) is 30.5 Å². The van der Waals surface area contributed by atoms with Crippen LogP contribution in [-0.4, -0.2) is 13.5 Å². The molecule has 1 aromatic heterocycles. The molecule has 0 bridgehead atoms.